The SMILES string of the molecule is CCOC(=O)NC1CCCN(C(=O)C(C)=C(C)C(=O)O)C1. The Balaban J connectivity index is 2.68. The lowest BCUT2D eigenvalue weighted by Gasteiger charge is -2.33. The first-order chi connectivity index (χ1) is 9.86. The predicted molar refractivity (Wildman–Crippen MR) is 75.8 cm³/mol. The first-order valence-electron chi connectivity index (χ1n) is 7.00. The van der Waals surface area contributed by atoms with Crippen molar-refractivity contribution in [3.05, 3.63) is 11.1 Å². The van der Waals surface area contributed by atoms with E-state index in [0.717, 1.165) is 12.8 Å². The van der Waals surface area contributed by atoms with Gasteiger partial charge in [-0.2, -0.15) is 0 Å². The van der Waals surface area contributed by atoms with Gasteiger partial charge in [-0.05, 0) is 33.6 Å². The van der Waals surface area contributed by atoms with Gasteiger partial charge in [-0.3, -0.25) is 4.79 Å². The Morgan fingerprint density at radius 3 is 2.52 bits per heavy atom. The topological polar surface area (TPSA) is 95.9 Å². The number of alkyl carbamates (subject to hydrolysis) is 1. The molecule has 0 aromatic carbocycles. The van der Waals surface area contributed by atoms with E-state index in [4.69, 9.17) is 9.84 Å². The number of hydrogen-bond acceptors (Lipinski definition) is 4. The minimum Gasteiger partial charge on any atom is -0.478 e. The minimum atomic E-state index is -1.10. The van der Waals surface area contributed by atoms with Gasteiger partial charge in [-0.25, -0.2) is 9.59 Å². The summed E-state index contributed by atoms with van der Waals surface area (Å²) < 4.78 is 4.82. The van der Waals surface area contributed by atoms with Crippen molar-refractivity contribution >= 4 is 18.0 Å². The number of nitrogens with zero attached hydrogens (tertiary/aromatic N) is 1. The molecule has 0 bridgehead atoms. The quantitative estimate of drug-likeness (QED) is 0.759. The lowest BCUT2D eigenvalue weighted by atomic mass is 10.0. The summed E-state index contributed by atoms with van der Waals surface area (Å²) in [4.78, 5) is 36.1. The number of amides is 2. The summed E-state index contributed by atoms with van der Waals surface area (Å²) in [5, 5.41) is 11.6. The van der Waals surface area contributed by atoms with Crippen LogP contribution in [0.15, 0.2) is 11.1 Å². The van der Waals surface area contributed by atoms with Crippen molar-refractivity contribution in [2.45, 2.75) is 39.7 Å². The highest BCUT2D eigenvalue weighted by Gasteiger charge is 2.27. The average Bonchev–Trinajstić information content (AvgIpc) is 2.45. The van der Waals surface area contributed by atoms with E-state index in [1.54, 1.807) is 11.8 Å². The largest absolute Gasteiger partial charge is 0.478 e. The van der Waals surface area contributed by atoms with E-state index in [0.29, 0.717) is 19.7 Å². The highest BCUT2D eigenvalue weighted by molar-refractivity contribution is 6.01. The second-order valence-corrected chi connectivity index (χ2v) is 5.01. The molecule has 0 spiro atoms. The zero-order valence-corrected chi connectivity index (χ0v) is 12.6. The van der Waals surface area contributed by atoms with Gasteiger partial charge < -0.3 is 20.1 Å². The van der Waals surface area contributed by atoms with Crippen molar-refractivity contribution in [1.29, 1.82) is 0 Å². The molecule has 0 saturated carbocycles. The third kappa shape index (κ3) is 4.77. The molecule has 1 unspecified atom stereocenters. The maximum absolute atomic E-state index is 12.3. The fourth-order valence-electron chi connectivity index (χ4n) is 2.18. The molecule has 1 aliphatic rings. The molecule has 2 amide bonds. The van der Waals surface area contributed by atoms with Gasteiger partial charge in [0.1, 0.15) is 0 Å². The fraction of sp³-hybridized carbons (Fsp3) is 0.643. The Labute approximate surface area is 123 Å². The third-order valence-electron chi connectivity index (χ3n) is 3.51. The zero-order chi connectivity index (χ0) is 16.0. The number of aliphatic carboxylic acids is 1. The Bertz CT molecular complexity index is 458. The molecule has 1 fully saturated rings. The van der Waals surface area contributed by atoms with Crippen molar-refractivity contribution < 1.29 is 24.2 Å². The van der Waals surface area contributed by atoms with Crippen LogP contribution in [0.3, 0.4) is 0 Å². The number of likely N-dealkylation sites (tertiary alicyclic amines) is 1. The molecule has 1 aliphatic heterocycles. The molecule has 2 N–H and O–H groups in total. The monoisotopic (exact) mass is 298 g/mol. The van der Waals surface area contributed by atoms with Crippen molar-refractivity contribution in [1.82, 2.24) is 10.2 Å². The van der Waals surface area contributed by atoms with E-state index in [1.807, 2.05) is 0 Å². The number of ether oxygens (including phenoxy) is 1. The van der Waals surface area contributed by atoms with E-state index < -0.39 is 12.1 Å². The Hall–Kier alpha value is -2.05. The molecular weight excluding hydrogens is 276 g/mol. The Kier molecular flexibility index (Phi) is 6.20. The minimum absolute atomic E-state index is 0.0421. The van der Waals surface area contributed by atoms with Crippen LogP contribution in [0.4, 0.5) is 4.79 Å². The second-order valence-electron chi connectivity index (χ2n) is 5.01. The number of nitrogens with one attached hydrogen (secondary N) is 1. The normalized spacial score (nSPS) is 19.6. The molecular formula is C14H22N2O5. The van der Waals surface area contributed by atoms with Crippen LogP contribution >= 0.6 is 0 Å². The highest BCUT2D eigenvalue weighted by atomic mass is 16.5. The molecule has 0 aromatic heterocycles. The molecule has 21 heavy (non-hydrogen) atoms. The molecule has 7 nitrogen and oxygen atoms in total. The van der Waals surface area contributed by atoms with Crippen LogP contribution in [0.2, 0.25) is 0 Å². The average molecular weight is 298 g/mol. The first-order valence-corrected chi connectivity index (χ1v) is 7.00. The van der Waals surface area contributed by atoms with Crippen molar-refractivity contribution in [2.24, 2.45) is 0 Å². The van der Waals surface area contributed by atoms with Gasteiger partial charge >= 0.3 is 12.1 Å². The number of piperidine rings is 1. The van der Waals surface area contributed by atoms with Gasteiger partial charge in [0.25, 0.3) is 0 Å². The van der Waals surface area contributed by atoms with Crippen LogP contribution in [0.1, 0.15) is 33.6 Å². The number of rotatable bonds is 4. The maximum atomic E-state index is 12.3. The lowest BCUT2D eigenvalue weighted by Crippen LogP contribution is -2.50. The van der Waals surface area contributed by atoms with Gasteiger partial charge in [0.15, 0.2) is 0 Å². The summed E-state index contributed by atoms with van der Waals surface area (Å²) in [6.45, 7) is 5.86. The molecule has 1 rings (SSSR count). The van der Waals surface area contributed by atoms with Crippen LogP contribution < -0.4 is 5.32 Å². The maximum Gasteiger partial charge on any atom is 0.407 e. The standard InChI is InChI=1S/C14H22N2O5/c1-4-21-14(20)15-11-6-5-7-16(8-11)12(17)9(2)10(3)13(18)19/h11H,4-8H2,1-3H3,(H,15,20)(H,18,19). The van der Waals surface area contributed by atoms with E-state index in [1.165, 1.54) is 13.8 Å². The van der Waals surface area contributed by atoms with E-state index in [9.17, 15) is 14.4 Å². The van der Waals surface area contributed by atoms with Crippen LogP contribution in [0.5, 0.6) is 0 Å². The van der Waals surface area contributed by atoms with E-state index in [-0.39, 0.29) is 23.1 Å². The van der Waals surface area contributed by atoms with Crippen LogP contribution in [0, 0.1) is 0 Å². The van der Waals surface area contributed by atoms with Gasteiger partial charge in [0, 0.05) is 30.3 Å². The fourth-order valence-corrected chi connectivity index (χ4v) is 2.18. The first kappa shape index (κ1) is 17.0. The highest BCUT2D eigenvalue weighted by Crippen LogP contribution is 2.15. The summed E-state index contributed by atoms with van der Waals surface area (Å²) >= 11 is 0. The van der Waals surface area contributed by atoms with Crippen molar-refractivity contribution in [3.63, 3.8) is 0 Å². The summed E-state index contributed by atoms with van der Waals surface area (Å²) in [5.74, 6) is -1.40. The molecule has 7 heteroatoms. The van der Waals surface area contributed by atoms with Crippen molar-refractivity contribution in [3.8, 4) is 0 Å². The van der Waals surface area contributed by atoms with Gasteiger partial charge in [-0.1, -0.05) is 0 Å². The summed E-state index contributed by atoms with van der Waals surface area (Å²) in [6, 6.07) is -0.167. The molecule has 0 radical (unpaired) electrons. The molecule has 1 saturated heterocycles. The zero-order valence-electron chi connectivity index (χ0n) is 12.6. The third-order valence-corrected chi connectivity index (χ3v) is 3.51. The number of carbonyl (C=O) groups is 3. The van der Waals surface area contributed by atoms with Crippen LogP contribution in [-0.2, 0) is 14.3 Å². The van der Waals surface area contributed by atoms with E-state index >= 15 is 0 Å². The van der Waals surface area contributed by atoms with Gasteiger partial charge in [-0.15, -0.1) is 0 Å². The summed E-state index contributed by atoms with van der Waals surface area (Å²) in [5.41, 5.74) is 0.264. The predicted octanol–water partition coefficient (Wildman–Crippen LogP) is 1.14. The van der Waals surface area contributed by atoms with E-state index in [2.05, 4.69) is 5.32 Å². The number of carbonyl (C=O) groups excluding carboxylic acids is 2. The smallest absolute Gasteiger partial charge is 0.407 e. The Morgan fingerprint density at radius 2 is 1.95 bits per heavy atom. The summed E-state index contributed by atoms with van der Waals surface area (Å²) in [6.07, 6.45) is 1.02. The number of carboxylic acids is 1. The molecule has 118 valence electrons. The summed E-state index contributed by atoms with van der Waals surface area (Å²) in [7, 11) is 0. The van der Waals surface area contributed by atoms with Gasteiger partial charge in [0.2, 0.25) is 5.91 Å². The molecule has 0 aliphatic carbocycles. The second kappa shape index (κ2) is 7.66. The number of hydrogen-bond donors (Lipinski definition) is 2. The Morgan fingerprint density at radius 1 is 1.29 bits per heavy atom. The van der Waals surface area contributed by atoms with Gasteiger partial charge in [0.05, 0.1) is 6.61 Å². The van der Waals surface area contributed by atoms with Crippen LogP contribution in [-0.4, -0.2) is 53.7 Å². The number of carboxylic acid groups (broad SMARTS) is 1. The lowest BCUT2D eigenvalue weighted by molar-refractivity contribution is -0.134. The molecule has 1 atom stereocenters. The molecule has 1 heterocycles. The van der Waals surface area contributed by atoms with Crippen LogP contribution in [0.25, 0.3) is 0 Å². The van der Waals surface area contributed by atoms with Crippen molar-refractivity contribution in [2.75, 3.05) is 19.7 Å². The molecule has 0 aromatic rings.